The van der Waals surface area contributed by atoms with Crippen molar-refractivity contribution in [3.8, 4) is 0 Å². The van der Waals surface area contributed by atoms with Gasteiger partial charge in [-0.15, -0.1) is 0 Å². The molecule has 0 spiro atoms. The van der Waals surface area contributed by atoms with Crippen LogP contribution in [-0.2, 0) is 19.1 Å². The van der Waals surface area contributed by atoms with Crippen LogP contribution < -0.4 is 5.32 Å². The molecule has 0 bridgehead atoms. The van der Waals surface area contributed by atoms with Gasteiger partial charge in [0, 0.05) is 24.1 Å². The zero-order chi connectivity index (χ0) is 22.6. The lowest BCUT2D eigenvalue weighted by Gasteiger charge is -2.22. The van der Waals surface area contributed by atoms with E-state index in [4.69, 9.17) is 9.47 Å². The third kappa shape index (κ3) is 4.40. The predicted molar refractivity (Wildman–Crippen MR) is 109 cm³/mol. The number of hydrogen-bond acceptors (Lipinski definition) is 6. The van der Waals surface area contributed by atoms with Crippen molar-refractivity contribution in [2.24, 2.45) is 0 Å². The van der Waals surface area contributed by atoms with Crippen LogP contribution in [0.25, 0.3) is 0 Å². The Hall–Kier alpha value is -2.68. The lowest BCUT2D eigenvalue weighted by molar-refractivity contribution is -0.146. The molecule has 1 N–H and O–H groups in total. The van der Waals surface area contributed by atoms with Gasteiger partial charge in [0.1, 0.15) is 12.1 Å². The third-order valence-electron chi connectivity index (χ3n) is 5.74. The number of nitrogens with zero attached hydrogens (tertiary/aromatic N) is 2. The number of nitrogens with one attached hydrogen (secondary N) is 1. The molecule has 1 aliphatic heterocycles. The van der Waals surface area contributed by atoms with Crippen LogP contribution in [0.2, 0.25) is 0 Å². The first-order valence-electron chi connectivity index (χ1n) is 10.1. The molecule has 3 amide bonds. The highest BCUT2D eigenvalue weighted by molar-refractivity contribution is 6.08. The average molecular weight is 421 g/mol. The summed E-state index contributed by atoms with van der Waals surface area (Å²) in [5.74, 6) is -1.60. The summed E-state index contributed by atoms with van der Waals surface area (Å²) in [6, 6.07) is 1.19. The van der Waals surface area contributed by atoms with Crippen molar-refractivity contribution in [2.75, 3.05) is 26.9 Å². The third-order valence-corrected chi connectivity index (χ3v) is 5.74. The lowest BCUT2D eigenvalue weighted by Crippen LogP contribution is -2.46. The summed E-state index contributed by atoms with van der Waals surface area (Å²) in [4.78, 5) is 50.3. The summed E-state index contributed by atoms with van der Waals surface area (Å²) in [5, 5.41) is 2.65. The van der Waals surface area contributed by atoms with Gasteiger partial charge >= 0.3 is 12.0 Å². The van der Waals surface area contributed by atoms with Gasteiger partial charge in [-0.25, -0.2) is 4.79 Å². The second kappa shape index (κ2) is 9.42. The molecule has 1 fully saturated rings. The fourth-order valence-corrected chi connectivity index (χ4v) is 4.00. The van der Waals surface area contributed by atoms with E-state index in [-0.39, 0.29) is 11.8 Å². The van der Waals surface area contributed by atoms with Gasteiger partial charge < -0.3 is 19.4 Å². The maximum absolute atomic E-state index is 12.6. The Labute approximate surface area is 176 Å². The molecular formula is C21H31N3O6. The Morgan fingerprint density at radius 2 is 1.83 bits per heavy atom. The number of carbonyl (C=O) groups excluding carboxylic acids is 4. The summed E-state index contributed by atoms with van der Waals surface area (Å²) >= 11 is 0. The summed E-state index contributed by atoms with van der Waals surface area (Å²) in [7, 11) is 1.62. The number of esters is 1. The van der Waals surface area contributed by atoms with Gasteiger partial charge in [0.2, 0.25) is 5.78 Å². The van der Waals surface area contributed by atoms with Crippen LogP contribution in [-0.4, -0.2) is 65.6 Å². The van der Waals surface area contributed by atoms with Crippen LogP contribution in [0.5, 0.6) is 0 Å². The number of rotatable bonds is 10. The molecule has 9 nitrogen and oxygen atoms in total. The minimum Gasteiger partial charge on any atom is -0.456 e. The van der Waals surface area contributed by atoms with E-state index in [1.54, 1.807) is 27.0 Å². The van der Waals surface area contributed by atoms with E-state index >= 15 is 0 Å². The first-order chi connectivity index (χ1) is 14.1. The Balaban J connectivity index is 2.01. The highest BCUT2D eigenvalue weighted by atomic mass is 16.5. The molecule has 0 aliphatic carbocycles. The zero-order valence-corrected chi connectivity index (χ0v) is 18.5. The highest BCUT2D eigenvalue weighted by Gasteiger charge is 2.49. The number of ether oxygens (including phenoxy) is 2. The molecule has 2 rings (SSSR count). The number of amides is 3. The smallest absolute Gasteiger partial charge is 0.326 e. The molecule has 1 aromatic rings. The first kappa shape index (κ1) is 23.6. The van der Waals surface area contributed by atoms with Gasteiger partial charge in [0.25, 0.3) is 5.91 Å². The first-order valence-corrected chi connectivity index (χ1v) is 10.1. The predicted octanol–water partition coefficient (Wildman–Crippen LogP) is 2.15. The number of carbonyl (C=O) groups is 4. The largest absolute Gasteiger partial charge is 0.456 e. The normalized spacial score (nSPS) is 16.5. The van der Waals surface area contributed by atoms with Crippen LogP contribution in [0.4, 0.5) is 4.79 Å². The van der Waals surface area contributed by atoms with E-state index in [0.717, 1.165) is 16.3 Å². The van der Waals surface area contributed by atoms with Crippen LogP contribution in [0, 0.1) is 13.8 Å². The maximum atomic E-state index is 12.6. The molecule has 1 atom stereocenters. The summed E-state index contributed by atoms with van der Waals surface area (Å²) in [6.45, 7) is 8.83. The molecule has 1 aromatic heterocycles. The molecule has 1 saturated heterocycles. The van der Waals surface area contributed by atoms with E-state index in [9.17, 15) is 19.2 Å². The molecular weight excluding hydrogens is 390 g/mol. The number of imide groups is 1. The number of ketones is 1. The Morgan fingerprint density at radius 3 is 2.37 bits per heavy atom. The fourth-order valence-electron chi connectivity index (χ4n) is 4.00. The SMILES string of the molecule is CCC1(CC)NC(=O)N(CC(=O)OCC(=O)c2cc(C)n([C@@H](C)COC)c2C)C1=O. The van der Waals surface area contributed by atoms with E-state index in [1.165, 1.54) is 0 Å². The number of Topliss-reactive ketones (excluding diaryl/α,β-unsaturated/α-hetero) is 1. The van der Waals surface area contributed by atoms with Crippen LogP contribution in [0.3, 0.4) is 0 Å². The fraction of sp³-hybridized carbons (Fsp3) is 0.619. The molecule has 30 heavy (non-hydrogen) atoms. The Kier molecular flexibility index (Phi) is 7.41. The van der Waals surface area contributed by atoms with Crippen LogP contribution in [0.1, 0.15) is 61.4 Å². The number of methoxy groups -OCH3 is 1. The Bertz CT molecular complexity index is 840. The second-order valence-electron chi connectivity index (χ2n) is 7.65. The van der Waals surface area contributed by atoms with Gasteiger partial charge in [-0.2, -0.15) is 0 Å². The monoisotopic (exact) mass is 421 g/mol. The second-order valence-corrected chi connectivity index (χ2v) is 7.65. The highest BCUT2D eigenvalue weighted by Crippen LogP contribution is 2.25. The van der Waals surface area contributed by atoms with E-state index < -0.39 is 36.6 Å². The van der Waals surface area contributed by atoms with Crippen molar-refractivity contribution in [1.82, 2.24) is 14.8 Å². The molecule has 0 unspecified atom stereocenters. The van der Waals surface area contributed by atoms with Gasteiger partial charge in [-0.05, 0) is 39.7 Å². The van der Waals surface area contributed by atoms with E-state index in [0.29, 0.717) is 25.0 Å². The van der Waals surface area contributed by atoms with Crippen molar-refractivity contribution in [2.45, 2.75) is 59.0 Å². The van der Waals surface area contributed by atoms with E-state index in [1.807, 2.05) is 25.3 Å². The van der Waals surface area contributed by atoms with Crippen molar-refractivity contribution in [1.29, 1.82) is 0 Å². The summed E-state index contributed by atoms with van der Waals surface area (Å²) in [5.41, 5.74) is 1.16. The molecule has 166 valence electrons. The standard InChI is InChI=1S/C21H31N3O6/c1-7-21(8-2)19(27)23(20(28)22-21)10-18(26)30-12-17(25)16-9-13(3)24(15(16)5)14(4)11-29-6/h9,14H,7-8,10-12H2,1-6H3,(H,22,28)/t14-/m0/s1. The van der Waals surface area contributed by atoms with Gasteiger partial charge in [-0.1, -0.05) is 13.8 Å². The molecule has 2 heterocycles. The average Bonchev–Trinajstić information content (AvgIpc) is 3.14. The maximum Gasteiger partial charge on any atom is 0.326 e. The Morgan fingerprint density at radius 1 is 1.20 bits per heavy atom. The quantitative estimate of drug-likeness (QED) is 0.352. The number of aryl methyl sites for hydroxylation is 1. The molecule has 0 saturated carbocycles. The zero-order valence-electron chi connectivity index (χ0n) is 18.5. The van der Waals surface area contributed by atoms with Crippen molar-refractivity contribution in [3.63, 3.8) is 0 Å². The summed E-state index contributed by atoms with van der Waals surface area (Å²) in [6.07, 6.45) is 0.852. The number of hydrogen-bond donors (Lipinski definition) is 1. The molecule has 9 heteroatoms. The van der Waals surface area contributed by atoms with Crippen molar-refractivity contribution < 1.29 is 28.7 Å². The van der Waals surface area contributed by atoms with E-state index in [2.05, 4.69) is 5.32 Å². The number of urea groups is 1. The van der Waals surface area contributed by atoms with Gasteiger partial charge in [0.05, 0.1) is 12.6 Å². The minimum absolute atomic E-state index is 0.0520. The van der Waals surface area contributed by atoms with Gasteiger partial charge in [-0.3, -0.25) is 19.3 Å². The van der Waals surface area contributed by atoms with Crippen LogP contribution in [0.15, 0.2) is 6.07 Å². The van der Waals surface area contributed by atoms with Crippen molar-refractivity contribution in [3.05, 3.63) is 23.0 Å². The topological polar surface area (TPSA) is 107 Å². The number of aromatic nitrogens is 1. The van der Waals surface area contributed by atoms with Crippen molar-refractivity contribution >= 4 is 23.7 Å². The van der Waals surface area contributed by atoms with Gasteiger partial charge in [0.15, 0.2) is 6.61 Å². The minimum atomic E-state index is -0.983. The summed E-state index contributed by atoms with van der Waals surface area (Å²) < 4.78 is 12.3. The molecule has 0 radical (unpaired) electrons. The lowest BCUT2D eigenvalue weighted by atomic mass is 9.93. The molecule has 1 aliphatic rings. The molecule has 0 aromatic carbocycles. The van der Waals surface area contributed by atoms with Crippen LogP contribution >= 0.6 is 0 Å².